The minimum atomic E-state index is -0.210. The van der Waals surface area contributed by atoms with Crippen molar-refractivity contribution < 1.29 is 0 Å². The van der Waals surface area contributed by atoms with E-state index in [1.54, 1.807) is 0 Å². The summed E-state index contributed by atoms with van der Waals surface area (Å²) >= 11 is 0. The van der Waals surface area contributed by atoms with E-state index in [0.29, 0.717) is 5.92 Å². The summed E-state index contributed by atoms with van der Waals surface area (Å²) in [6.45, 7) is 8.17. The lowest BCUT2D eigenvalue weighted by atomic mass is 9.91. The minimum absolute atomic E-state index is 0.210. The lowest BCUT2D eigenvalue weighted by Gasteiger charge is -2.16. The molecule has 0 spiro atoms. The zero-order valence-corrected chi connectivity index (χ0v) is 11.7. The summed E-state index contributed by atoms with van der Waals surface area (Å²) in [5.41, 5.74) is 1.19. The van der Waals surface area contributed by atoms with Crippen molar-refractivity contribution in [3.05, 3.63) is 35.9 Å². The maximum atomic E-state index is 8.91. The lowest BCUT2D eigenvalue weighted by molar-refractivity contribution is 0.429. The molecule has 0 aliphatic carbocycles. The van der Waals surface area contributed by atoms with Crippen LogP contribution in [-0.4, -0.2) is 13.1 Å². The highest BCUT2D eigenvalue weighted by Gasteiger charge is 2.15. The van der Waals surface area contributed by atoms with E-state index in [1.165, 1.54) is 5.56 Å². The van der Waals surface area contributed by atoms with Crippen LogP contribution in [0.4, 0.5) is 0 Å². The Hall–Kier alpha value is -1.33. The van der Waals surface area contributed by atoms with Gasteiger partial charge in [-0.3, -0.25) is 0 Å². The molecule has 1 N–H and O–H groups in total. The van der Waals surface area contributed by atoms with Gasteiger partial charge in [-0.2, -0.15) is 5.26 Å². The normalized spacial score (nSPS) is 13.0. The van der Waals surface area contributed by atoms with Crippen LogP contribution in [0, 0.1) is 16.7 Å². The number of nitrogens with one attached hydrogen (secondary N) is 1. The van der Waals surface area contributed by atoms with E-state index in [2.05, 4.69) is 48.6 Å². The molecule has 0 aromatic heterocycles. The van der Waals surface area contributed by atoms with Gasteiger partial charge in [-0.25, -0.2) is 0 Å². The zero-order valence-electron chi connectivity index (χ0n) is 11.7. The topological polar surface area (TPSA) is 35.8 Å². The molecule has 2 heteroatoms. The van der Waals surface area contributed by atoms with E-state index in [4.69, 9.17) is 5.26 Å². The standard InChI is InChI=1S/C16H24N2/c1-14(15-7-5-4-6-8-15)9-11-18-12-10-16(2,3)13-17/h4-8,14,18H,9-12H2,1-3H3. The van der Waals surface area contributed by atoms with Gasteiger partial charge in [0.25, 0.3) is 0 Å². The third-order valence-electron chi connectivity index (χ3n) is 3.35. The molecule has 1 rings (SSSR count). The van der Waals surface area contributed by atoms with E-state index in [-0.39, 0.29) is 5.41 Å². The van der Waals surface area contributed by atoms with Crippen LogP contribution in [-0.2, 0) is 0 Å². The Morgan fingerprint density at radius 2 is 1.89 bits per heavy atom. The fourth-order valence-corrected chi connectivity index (χ4v) is 1.85. The minimum Gasteiger partial charge on any atom is -0.317 e. The Bertz CT molecular complexity index is 376. The Labute approximate surface area is 111 Å². The van der Waals surface area contributed by atoms with Gasteiger partial charge in [-0.05, 0) is 51.3 Å². The van der Waals surface area contributed by atoms with Gasteiger partial charge in [0.1, 0.15) is 0 Å². The summed E-state index contributed by atoms with van der Waals surface area (Å²) in [5.74, 6) is 0.586. The molecule has 2 nitrogen and oxygen atoms in total. The third kappa shape index (κ3) is 5.33. The Morgan fingerprint density at radius 1 is 1.22 bits per heavy atom. The van der Waals surface area contributed by atoms with Gasteiger partial charge in [-0.15, -0.1) is 0 Å². The number of nitriles is 1. The predicted octanol–water partition coefficient (Wildman–Crippen LogP) is 3.71. The second-order valence-electron chi connectivity index (χ2n) is 5.60. The second-order valence-corrected chi connectivity index (χ2v) is 5.60. The van der Waals surface area contributed by atoms with Crippen molar-refractivity contribution in [3.63, 3.8) is 0 Å². The van der Waals surface area contributed by atoms with Crippen LogP contribution in [0.5, 0.6) is 0 Å². The van der Waals surface area contributed by atoms with Crippen molar-refractivity contribution in [1.29, 1.82) is 5.26 Å². The van der Waals surface area contributed by atoms with Crippen LogP contribution >= 0.6 is 0 Å². The van der Waals surface area contributed by atoms with Gasteiger partial charge in [-0.1, -0.05) is 37.3 Å². The van der Waals surface area contributed by atoms with Crippen molar-refractivity contribution in [2.24, 2.45) is 5.41 Å². The molecule has 0 amide bonds. The van der Waals surface area contributed by atoms with Crippen molar-refractivity contribution in [2.75, 3.05) is 13.1 Å². The van der Waals surface area contributed by atoms with Gasteiger partial charge in [0.05, 0.1) is 11.5 Å². The first-order valence-electron chi connectivity index (χ1n) is 6.72. The van der Waals surface area contributed by atoms with Crippen molar-refractivity contribution in [2.45, 2.75) is 39.5 Å². The maximum Gasteiger partial charge on any atom is 0.0684 e. The zero-order chi connectivity index (χ0) is 13.4. The number of hydrogen-bond donors (Lipinski definition) is 1. The first kappa shape index (κ1) is 14.7. The Morgan fingerprint density at radius 3 is 2.50 bits per heavy atom. The van der Waals surface area contributed by atoms with Gasteiger partial charge >= 0.3 is 0 Å². The molecular formula is C16H24N2. The summed E-state index contributed by atoms with van der Waals surface area (Å²) in [6.07, 6.45) is 2.04. The summed E-state index contributed by atoms with van der Waals surface area (Å²) < 4.78 is 0. The second kappa shape index (κ2) is 7.18. The van der Waals surface area contributed by atoms with Crippen LogP contribution in [0.15, 0.2) is 30.3 Å². The van der Waals surface area contributed by atoms with Gasteiger partial charge in [0.15, 0.2) is 0 Å². The molecule has 0 saturated carbocycles. The van der Waals surface area contributed by atoms with E-state index in [1.807, 2.05) is 13.8 Å². The summed E-state index contributed by atoms with van der Waals surface area (Å²) in [4.78, 5) is 0. The van der Waals surface area contributed by atoms with Gasteiger partial charge < -0.3 is 5.32 Å². The molecule has 0 aliphatic rings. The molecule has 18 heavy (non-hydrogen) atoms. The summed E-state index contributed by atoms with van der Waals surface area (Å²) in [7, 11) is 0. The average molecular weight is 244 g/mol. The highest BCUT2D eigenvalue weighted by atomic mass is 14.8. The van der Waals surface area contributed by atoms with Crippen LogP contribution < -0.4 is 5.32 Å². The molecule has 0 saturated heterocycles. The SMILES string of the molecule is CC(CCNCCC(C)(C)C#N)c1ccccc1. The first-order chi connectivity index (χ1) is 8.55. The summed E-state index contributed by atoms with van der Waals surface area (Å²) in [6, 6.07) is 12.9. The molecule has 1 aromatic rings. The molecule has 98 valence electrons. The molecule has 0 fully saturated rings. The van der Waals surface area contributed by atoms with E-state index >= 15 is 0 Å². The number of rotatable bonds is 7. The monoisotopic (exact) mass is 244 g/mol. The maximum absolute atomic E-state index is 8.91. The van der Waals surface area contributed by atoms with E-state index in [9.17, 15) is 0 Å². The third-order valence-corrected chi connectivity index (χ3v) is 3.35. The number of hydrogen-bond acceptors (Lipinski definition) is 2. The Balaban J connectivity index is 2.18. The quantitative estimate of drug-likeness (QED) is 0.742. The molecule has 1 atom stereocenters. The highest BCUT2D eigenvalue weighted by Crippen LogP contribution is 2.19. The molecule has 1 unspecified atom stereocenters. The van der Waals surface area contributed by atoms with Gasteiger partial charge in [0.2, 0.25) is 0 Å². The van der Waals surface area contributed by atoms with E-state index < -0.39 is 0 Å². The number of benzene rings is 1. The van der Waals surface area contributed by atoms with Crippen LogP contribution in [0.1, 0.15) is 45.1 Å². The fourth-order valence-electron chi connectivity index (χ4n) is 1.85. The predicted molar refractivity (Wildman–Crippen MR) is 76.4 cm³/mol. The average Bonchev–Trinajstić information content (AvgIpc) is 2.39. The van der Waals surface area contributed by atoms with Gasteiger partial charge in [0, 0.05) is 0 Å². The van der Waals surface area contributed by atoms with Crippen LogP contribution in [0.3, 0.4) is 0 Å². The van der Waals surface area contributed by atoms with E-state index in [0.717, 1.165) is 25.9 Å². The molecule has 1 aromatic carbocycles. The molecule has 0 radical (unpaired) electrons. The first-order valence-corrected chi connectivity index (χ1v) is 6.72. The fraction of sp³-hybridized carbons (Fsp3) is 0.562. The molecule has 0 bridgehead atoms. The molecule has 0 heterocycles. The van der Waals surface area contributed by atoms with Crippen molar-refractivity contribution in [3.8, 4) is 6.07 Å². The summed E-state index contributed by atoms with van der Waals surface area (Å²) in [5, 5.41) is 12.3. The van der Waals surface area contributed by atoms with Crippen molar-refractivity contribution in [1.82, 2.24) is 5.32 Å². The van der Waals surface area contributed by atoms with Crippen molar-refractivity contribution >= 4 is 0 Å². The highest BCUT2D eigenvalue weighted by molar-refractivity contribution is 5.18. The molecule has 0 aliphatic heterocycles. The van der Waals surface area contributed by atoms with Crippen LogP contribution in [0.25, 0.3) is 0 Å². The largest absolute Gasteiger partial charge is 0.317 e. The smallest absolute Gasteiger partial charge is 0.0684 e. The molecular weight excluding hydrogens is 220 g/mol. The number of nitrogens with zero attached hydrogens (tertiary/aromatic N) is 1. The lowest BCUT2D eigenvalue weighted by Crippen LogP contribution is -2.23. The Kier molecular flexibility index (Phi) is 5.88. The van der Waals surface area contributed by atoms with Crippen LogP contribution in [0.2, 0.25) is 0 Å².